The molecule has 3 rings (SSSR count). The van der Waals surface area contributed by atoms with Gasteiger partial charge in [0.25, 0.3) is 0 Å². The summed E-state index contributed by atoms with van der Waals surface area (Å²) < 4.78 is 16.4. The minimum Gasteiger partial charge on any atom is -0.497 e. The molecule has 0 radical (unpaired) electrons. The lowest BCUT2D eigenvalue weighted by Gasteiger charge is -2.23. The van der Waals surface area contributed by atoms with Crippen LogP contribution < -0.4 is 14.8 Å². The van der Waals surface area contributed by atoms with E-state index in [1.165, 1.54) is 0 Å². The number of benzene rings is 3. The average molecular weight is 451 g/mol. The zero-order valence-corrected chi connectivity index (χ0v) is 19.0. The Morgan fingerprint density at radius 3 is 2.39 bits per heavy atom. The molecule has 2 N–H and O–H groups in total. The van der Waals surface area contributed by atoms with Gasteiger partial charge in [-0.05, 0) is 41.5 Å². The van der Waals surface area contributed by atoms with Crippen molar-refractivity contribution in [2.24, 2.45) is 0 Å². The lowest BCUT2D eigenvalue weighted by atomic mass is 10.2. The molecule has 3 aromatic rings. The molecule has 0 saturated heterocycles. The van der Waals surface area contributed by atoms with Gasteiger partial charge < -0.3 is 29.5 Å². The number of hydrogen-bond acceptors (Lipinski definition) is 5. The summed E-state index contributed by atoms with van der Waals surface area (Å²) in [6.07, 6.45) is 0. The highest BCUT2D eigenvalue weighted by atomic mass is 16.5. The van der Waals surface area contributed by atoms with Crippen molar-refractivity contribution in [3.05, 3.63) is 89.5 Å². The summed E-state index contributed by atoms with van der Waals surface area (Å²) in [5, 5.41) is 12.4. The molecular weight excluding hydrogens is 420 g/mol. The number of ether oxygens (including phenoxy) is 3. The molecule has 0 saturated carbocycles. The van der Waals surface area contributed by atoms with Crippen LogP contribution in [0.5, 0.6) is 11.5 Å². The van der Waals surface area contributed by atoms with Gasteiger partial charge in [0.1, 0.15) is 11.5 Å². The lowest BCUT2D eigenvalue weighted by Crippen LogP contribution is -2.36. The molecule has 0 aliphatic carbocycles. The number of aliphatic hydroxyl groups excluding tert-OH is 1. The van der Waals surface area contributed by atoms with Gasteiger partial charge in [0, 0.05) is 17.8 Å². The highest BCUT2D eigenvalue weighted by molar-refractivity contribution is 5.89. The van der Waals surface area contributed by atoms with Crippen molar-refractivity contribution < 1.29 is 24.1 Å². The number of amides is 2. The first-order valence-electron chi connectivity index (χ1n) is 10.7. The number of carbonyl (C=O) groups excluding carboxylic acids is 1. The number of anilines is 1. The maximum absolute atomic E-state index is 12.9. The Balaban J connectivity index is 1.58. The number of methoxy groups -OCH3 is 2. The summed E-state index contributed by atoms with van der Waals surface area (Å²) in [7, 11) is 3.23. The van der Waals surface area contributed by atoms with Crippen molar-refractivity contribution in [2.75, 3.05) is 32.7 Å². The van der Waals surface area contributed by atoms with Crippen LogP contribution in [0.1, 0.15) is 16.7 Å². The van der Waals surface area contributed by atoms with Gasteiger partial charge >= 0.3 is 6.03 Å². The van der Waals surface area contributed by atoms with Crippen LogP contribution in [0.4, 0.5) is 10.5 Å². The number of urea groups is 1. The lowest BCUT2D eigenvalue weighted by molar-refractivity contribution is 0.107. The summed E-state index contributed by atoms with van der Waals surface area (Å²) >= 11 is 0. The van der Waals surface area contributed by atoms with Crippen molar-refractivity contribution >= 4 is 11.7 Å². The Bertz CT molecular complexity index is 1020. The van der Waals surface area contributed by atoms with Crippen LogP contribution in [0.2, 0.25) is 0 Å². The number of nitrogens with one attached hydrogen (secondary N) is 1. The van der Waals surface area contributed by atoms with Crippen LogP contribution in [-0.4, -0.2) is 43.4 Å². The Kier molecular flexibility index (Phi) is 9.11. The number of rotatable bonds is 11. The van der Waals surface area contributed by atoms with E-state index in [9.17, 15) is 9.90 Å². The van der Waals surface area contributed by atoms with Crippen molar-refractivity contribution in [2.45, 2.75) is 19.8 Å². The van der Waals surface area contributed by atoms with E-state index in [4.69, 9.17) is 14.2 Å². The molecule has 2 amide bonds. The highest BCUT2D eigenvalue weighted by Crippen LogP contribution is 2.20. The third-order valence-corrected chi connectivity index (χ3v) is 5.09. The van der Waals surface area contributed by atoms with Crippen molar-refractivity contribution in [3.63, 3.8) is 0 Å². The summed E-state index contributed by atoms with van der Waals surface area (Å²) in [6.45, 7) is 1.28. The van der Waals surface area contributed by atoms with E-state index in [-0.39, 0.29) is 19.2 Å². The fraction of sp³-hybridized carbons (Fsp3) is 0.269. The van der Waals surface area contributed by atoms with Crippen LogP contribution in [0.15, 0.2) is 72.8 Å². The second kappa shape index (κ2) is 12.5. The van der Waals surface area contributed by atoms with Crippen LogP contribution in [0.25, 0.3) is 0 Å². The topological polar surface area (TPSA) is 80.3 Å². The van der Waals surface area contributed by atoms with Gasteiger partial charge in [-0.15, -0.1) is 0 Å². The van der Waals surface area contributed by atoms with Crippen LogP contribution >= 0.6 is 0 Å². The molecule has 174 valence electrons. The van der Waals surface area contributed by atoms with Gasteiger partial charge in [0.15, 0.2) is 0 Å². The smallest absolute Gasteiger partial charge is 0.322 e. The highest BCUT2D eigenvalue weighted by Gasteiger charge is 2.16. The van der Waals surface area contributed by atoms with Gasteiger partial charge in [-0.25, -0.2) is 4.79 Å². The molecule has 0 unspecified atom stereocenters. The SMILES string of the molecule is COc1ccc(COCc2cccc(NC(=O)N(CCO)Cc3ccccc3OC)c2)cc1. The standard InChI is InChI=1S/C26H30N2O5/c1-31-24-12-10-20(11-13-24)18-33-19-21-6-5-8-23(16-21)27-26(30)28(14-15-29)17-22-7-3-4-9-25(22)32-2/h3-13,16,29H,14-15,17-19H2,1-2H3,(H,27,30). The molecule has 0 spiro atoms. The number of aliphatic hydroxyl groups is 1. The Labute approximate surface area is 194 Å². The summed E-state index contributed by atoms with van der Waals surface area (Å²) in [5.74, 6) is 1.51. The van der Waals surface area contributed by atoms with E-state index in [0.717, 1.165) is 22.4 Å². The third-order valence-electron chi connectivity index (χ3n) is 5.09. The van der Waals surface area contributed by atoms with Crippen molar-refractivity contribution in [1.82, 2.24) is 4.90 Å². The maximum atomic E-state index is 12.9. The first-order valence-corrected chi connectivity index (χ1v) is 10.7. The Morgan fingerprint density at radius 1 is 0.909 bits per heavy atom. The van der Waals surface area contributed by atoms with Crippen LogP contribution in [0, 0.1) is 0 Å². The largest absolute Gasteiger partial charge is 0.497 e. The van der Waals surface area contributed by atoms with Crippen LogP contribution in [-0.2, 0) is 24.5 Å². The quantitative estimate of drug-likeness (QED) is 0.451. The zero-order chi connectivity index (χ0) is 23.5. The molecule has 3 aromatic carbocycles. The predicted molar refractivity (Wildman–Crippen MR) is 127 cm³/mol. The van der Waals surface area contributed by atoms with Gasteiger partial charge in [0.05, 0.1) is 40.6 Å². The van der Waals surface area contributed by atoms with Gasteiger partial charge in [-0.2, -0.15) is 0 Å². The minimum atomic E-state index is -0.300. The van der Waals surface area contributed by atoms with E-state index < -0.39 is 0 Å². The second-order valence-corrected chi connectivity index (χ2v) is 7.43. The number of nitrogens with zero attached hydrogens (tertiary/aromatic N) is 1. The molecule has 33 heavy (non-hydrogen) atoms. The molecule has 7 heteroatoms. The van der Waals surface area contributed by atoms with E-state index >= 15 is 0 Å². The van der Waals surface area contributed by atoms with E-state index in [2.05, 4.69) is 5.32 Å². The Hall–Kier alpha value is -3.55. The van der Waals surface area contributed by atoms with Crippen molar-refractivity contribution in [1.29, 1.82) is 0 Å². The van der Waals surface area contributed by atoms with Gasteiger partial charge in [-0.3, -0.25) is 0 Å². The molecular formula is C26H30N2O5. The molecule has 0 atom stereocenters. The molecule has 0 aromatic heterocycles. The predicted octanol–water partition coefficient (Wildman–Crippen LogP) is 4.45. The number of para-hydroxylation sites is 1. The van der Waals surface area contributed by atoms with E-state index in [1.54, 1.807) is 19.1 Å². The zero-order valence-electron chi connectivity index (χ0n) is 19.0. The van der Waals surface area contributed by atoms with Crippen molar-refractivity contribution in [3.8, 4) is 11.5 Å². The fourth-order valence-electron chi connectivity index (χ4n) is 3.36. The molecule has 7 nitrogen and oxygen atoms in total. The minimum absolute atomic E-state index is 0.137. The first kappa shape index (κ1) is 24.1. The average Bonchev–Trinajstić information content (AvgIpc) is 2.84. The van der Waals surface area contributed by atoms with Gasteiger partial charge in [-0.1, -0.05) is 42.5 Å². The second-order valence-electron chi connectivity index (χ2n) is 7.43. The van der Waals surface area contributed by atoms with Gasteiger partial charge in [0.2, 0.25) is 0 Å². The molecule has 0 heterocycles. The number of carbonyl (C=O) groups is 1. The van der Waals surface area contributed by atoms with E-state index in [0.29, 0.717) is 31.2 Å². The number of hydrogen-bond donors (Lipinski definition) is 2. The summed E-state index contributed by atoms with van der Waals surface area (Å²) in [5.41, 5.74) is 3.52. The van der Waals surface area contributed by atoms with Crippen LogP contribution in [0.3, 0.4) is 0 Å². The Morgan fingerprint density at radius 2 is 1.67 bits per heavy atom. The molecule has 0 aliphatic rings. The molecule has 0 aliphatic heterocycles. The molecule has 0 bridgehead atoms. The maximum Gasteiger partial charge on any atom is 0.322 e. The third kappa shape index (κ3) is 7.24. The fourth-order valence-corrected chi connectivity index (χ4v) is 3.36. The molecule has 0 fully saturated rings. The monoisotopic (exact) mass is 450 g/mol. The first-order chi connectivity index (χ1) is 16.1. The summed E-state index contributed by atoms with van der Waals surface area (Å²) in [4.78, 5) is 14.4. The normalized spacial score (nSPS) is 10.5. The summed E-state index contributed by atoms with van der Waals surface area (Å²) in [6, 6.07) is 22.5. The van der Waals surface area contributed by atoms with E-state index in [1.807, 2.05) is 72.8 Å².